The lowest BCUT2D eigenvalue weighted by Gasteiger charge is -2.23. The third-order valence-corrected chi connectivity index (χ3v) is 5.82. The van der Waals surface area contributed by atoms with Gasteiger partial charge in [0.15, 0.2) is 0 Å². The number of sulfonamides is 1. The molecule has 0 heterocycles. The first-order chi connectivity index (χ1) is 11.9. The van der Waals surface area contributed by atoms with Crippen molar-refractivity contribution < 1.29 is 8.42 Å². The average Bonchev–Trinajstić information content (AvgIpc) is 2.57. The Morgan fingerprint density at radius 1 is 1.08 bits per heavy atom. The Bertz CT molecular complexity index is 765. The van der Waals surface area contributed by atoms with Gasteiger partial charge in [-0.05, 0) is 51.3 Å². The van der Waals surface area contributed by atoms with Gasteiger partial charge in [0.1, 0.15) is 4.90 Å². The van der Waals surface area contributed by atoms with Crippen LogP contribution in [0.3, 0.4) is 0 Å². The van der Waals surface area contributed by atoms with E-state index in [4.69, 9.17) is 5.14 Å². The first-order valence-corrected chi connectivity index (χ1v) is 10.6. The average molecular weight is 380 g/mol. The molecule has 25 heavy (non-hydrogen) atoms. The van der Waals surface area contributed by atoms with Gasteiger partial charge in [0.2, 0.25) is 10.0 Å². The van der Waals surface area contributed by atoms with E-state index in [9.17, 15) is 8.42 Å². The lowest BCUT2D eigenvalue weighted by molar-refractivity contribution is 0.391. The number of hydrogen-bond acceptors (Lipinski definition) is 5. The van der Waals surface area contributed by atoms with Crippen molar-refractivity contribution in [1.82, 2.24) is 4.90 Å². The van der Waals surface area contributed by atoms with Crippen molar-refractivity contribution in [3.63, 3.8) is 0 Å². The van der Waals surface area contributed by atoms with Gasteiger partial charge in [0, 0.05) is 16.7 Å². The van der Waals surface area contributed by atoms with Crippen LogP contribution in [0.1, 0.15) is 6.42 Å². The summed E-state index contributed by atoms with van der Waals surface area (Å²) in [6, 6.07) is 17.1. The zero-order valence-electron chi connectivity index (χ0n) is 14.6. The molecule has 0 unspecified atom stereocenters. The standard InChI is InChI=1S/C18H25N3O2S2/c1-21(2)13-12-15(14-24-16-8-4-3-5-9-16)20-17-10-6-7-11-18(17)25(19,22)23/h3-11,15,20H,12-14H2,1-2H3,(H2,19,22,23)/t15-/m1/s1. The Kier molecular flexibility index (Phi) is 7.31. The molecule has 0 fully saturated rings. The zero-order valence-corrected chi connectivity index (χ0v) is 16.2. The maximum absolute atomic E-state index is 11.8. The molecule has 2 rings (SSSR count). The molecule has 0 saturated carbocycles. The normalized spacial score (nSPS) is 13.0. The Balaban J connectivity index is 2.13. The van der Waals surface area contributed by atoms with E-state index < -0.39 is 10.0 Å². The van der Waals surface area contributed by atoms with E-state index >= 15 is 0 Å². The summed E-state index contributed by atoms with van der Waals surface area (Å²) in [6.07, 6.45) is 0.895. The van der Waals surface area contributed by atoms with Gasteiger partial charge < -0.3 is 10.2 Å². The highest BCUT2D eigenvalue weighted by molar-refractivity contribution is 7.99. The molecule has 0 aromatic heterocycles. The number of anilines is 1. The zero-order chi connectivity index (χ0) is 18.3. The molecule has 136 valence electrons. The van der Waals surface area contributed by atoms with Crippen LogP contribution in [0.25, 0.3) is 0 Å². The van der Waals surface area contributed by atoms with Crippen molar-refractivity contribution in [2.24, 2.45) is 5.14 Å². The summed E-state index contributed by atoms with van der Waals surface area (Å²) in [5, 5.41) is 8.71. The quantitative estimate of drug-likeness (QED) is 0.655. The molecule has 1 atom stereocenters. The van der Waals surface area contributed by atoms with Crippen molar-refractivity contribution in [1.29, 1.82) is 0 Å². The SMILES string of the molecule is CN(C)CC[C@H](CSc1ccccc1)Nc1ccccc1S(N)(=O)=O. The largest absolute Gasteiger partial charge is 0.380 e. The van der Waals surface area contributed by atoms with E-state index in [2.05, 4.69) is 22.3 Å². The number of nitrogens with zero attached hydrogens (tertiary/aromatic N) is 1. The Morgan fingerprint density at radius 2 is 1.72 bits per heavy atom. The van der Waals surface area contributed by atoms with E-state index in [1.807, 2.05) is 38.4 Å². The number of primary sulfonamides is 1. The van der Waals surface area contributed by atoms with E-state index in [0.717, 1.165) is 18.7 Å². The minimum absolute atomic E-state index is 0.121. The van der Waals surface area contributed by atoms with Crippen molar-refractivity contribution in [2.75, 3.05) is 31.7 Å². The number of nitrogens with two attached hydrogens (primary N) is 1. The highest BCUT2D eigenvalue weighted by atomic mass is 32.2. The molecule has 0 aliphatic rings. The second-order valence-corrected chi connectivity index (χ2v) is 8.72. The van der Waals surface area contributed by atoms with Gasteiger partial charge in [-0.2, -0.15) is 0 Å². The lowest BCUT2D eigenvalue weighted by Crippen LogP contribution is -2.28. The lowest BCUT2D eigenvalue weighted by atomic mass is 10.2. The topological polar surface area (TPSA) is 75.4 Å². The number of thioether (sulfide) groups is 1. The monoisotopic (exact) mass is 379 g/mol. The van der Waals surface area contributed by atoms with E-state index in [1.54, 1.807) is 23.9 Å². The molecular formula is C18H25N3O2S2. The fraction of sp³-hybridized carbons (Fsp3) is 0.333. The minimum Gasteiger partial charge on any atom is -0.380 e. The second kappa shape index (κ2) is 9.24. The predicted octanol–water partition coefficient (Wildman–Crippen LogP) is 2.86. The first-order valence-electron chi connectivity index (χ1n) is 8.07. The van der Waals surface area contributed by atoms with Gasteiger partial charge in [-0.1, -0.05) is 30.3 Å². The number of hydrogen-bond donors (Lipinski definition) is 2. The molecule has 0 radical (unpaired) electrons. The Hall–Kier alpha value is -1.54. The van der Waals surface area contributed by atoms with Crippen molar-refractivity contribution >= 4 is 27.5 Å². The molecule has 3 N–H and O–H groups in total. The van der Waals surface area contributed by atoms with Crippen LogP contribution in [0.2, 0.25) is 0 Å². The van der Waals surface area contributed by atoms with Crippen LogP contribution in [-0.4, -0.2) is 45.8 Å². The summed E-state index contributed by atoms with van der Waals surface area (Å²) in [6.45, 7) is 0.907. The van der Waals surface area contributed by atoms with Crippen LogP contribution < -0.4 is 10.5 Å². The summed E-state index contributed by atoms with van der Waals surface area (Å²) < 4.78 is 23.6. The molecule has 0 aliphatic carbocycles. The van der Waals surface area contributed by atoms with Gasteiger partial charge in [-0.25, -0.2) is 13.6 Å². The van der Waals surface area contributed by atoms with Crippen molar-refractivity contribution in [3.05, 3.63) is 54.6 Å². The van der Waals surface area contributed by atoms with Gasteiger partial charge in [0.25, 0.3) is 0 Å². The smallest absolute Gasteiger partial charge is 0.240 e. The molecule has 0 saturated heterocycles. The minimum atomic E-state index is -3.76. The van der Waals surface area contributed by atoms with E-state index in [0.29, 0.717) is 5.69 Å². The van der Waals surface area contributed by atoms with Crippen molar-refractivity contribution in [3.8, 4) is 0 Å². The maximum Gasteiger partial charge on any atom is 0.240 e. The third-order valence-electron chi connectivity index (χ3n) is 3.67. The van der Waals surface area contributed by atoms with Gasteiger partial charge >= 0.3 is 0 Å². The summed E-state index contributed by atoms with van der Waals surface area (Å²) in [5.41, 5.74) is 0.558. The van der Waals surface area contributed by atoms with Crippen LogP contribution in [0.5, 0.6) is 0 Å². The molecule has 0 amide bonds. The summed E-state index contributed by atoms with van der Waals surface area (Å²) >= 11 is 1.75. The van der Waals surface area contributed by atoms with E-state index in [1.165, 1.54) is 11.0 Å². The summed E-state index contributed by atoms with van der Waals surface area (Å²) in [4.78, 5) is 3.45. The van der Waals surface area contributed by atoms with Crippen LogP contribution in [0, 0.1) is 0 Å². The van der Waals surface area contributed by atoms with Crippen molar-refractivity contribution in [2.45, 2.75) is 22.3 Å². The molecule has 2 aromatic rings. The van der Waals surface area contributed by atoms with Crippen LogP contribution in [0.15, 0.2) is 64.4 Å². The second-order valence-electron chi connectivity index (χ2n) is 6.10. The fourth-order valence-corrected chi connectivity index (χ4v) is 4.07. The number of nitrogens with one attached hydrogen (secondary N) is 1. The fourth-order valence-electron chi connectivity index (χ4n) is 2.38. The first kappa shape index (κ1) is 19.8. The van der Waals surface area contributed by atoms with Crippen LogP contribution in [-0.2, 0) is 10.0 Å². The highest BCUT2D eigenvalue weighted by Gasteiger charge is 2.17. The molecule has 5 nitrogen and oxygen atoms in total. The third kappa shape index (κ3) is 6.70. The molecule has 0 bridgehead atoms. The highest BCUT2D eigenvalue weighted by Crippen LogP contribution is 2.24. The number of benzene rings is 2. The molecule has 0 spiro atoms. The molecule has 2 aromatic carbocycles. The van der Waals surface area contributed by atoms with E-state index in [-0.39, 0.29) is 10.9 Å². The van der Waals surface area contributed by atoms with Crippen LogP contribution >= 0.6 is 11.8 Å². The number of rotatable bonds is 9. The maximum atomic E-state index is 11.8. The molecular weight excluding hydrogens is 354 g/mol. The number of para-hydroxylation sites is 1. The van der Waals surface area contributed by atoms with Crippen LogP contribution in [0.4, 0.5) is 5.69 Å². The van der Waals surface area contributed by atoms with Gasteiger partial charge in [-0.15, -0.1) is 11.8 Å². The Morgan fingerprint density at radius 3 is 2.36 bits per heavy atom. The molecule has 7 heteroatoms. The van der Waals surface area contributed by atoms with Gasteiger partial charge in [0.05, 0.1) is 5.69 Å². The summed E-state index contributed by atoms with van der Waals surface area (Å²) in [5.74, 6) is 0.830. The predicted molar refractivity (Wildman–Crippen MR) is 106 cm³/mol. The van der Waals surface area contributed by atoms with Gasteiger partial charge in [-0.3, -0.25) is 0 Å². The summed E-state index contributed by atoms with van der Waals surface area (Å²) in [7, 11) is 0.298. The molecule has 0 aliphatic heterocycles. The Labute approximate surface area is 154 Å².